The van der Waals surface area contributed by atoms with Crippen molar-refractivity contribution in [2.45, 2.75) is 224 Å². The molecule has 0 aliphatic heterocycles. The number of unbranched alkanes of at least 4 members (excludes halogenated alkanes) is 20. The van der Waals surface area contributed by atoms with Crippen LogP contribution in [0, 0.1) is 0 Å². The molecule has 1 aliphatic rings. The Balaban J connectivity index is 2.73. The molecule has 20 nitrogen and oxygen atoms in total. The minimum Gasteiger partial charge on any atom is -0.466 e. The summed E-state index contributed by atoms with van der Waals surface area (Å²) in [7, 11) is -16.6. The molecule has 1 fully saturated rings. The molecule has 0 heterocycles. The van der Waals surface area contributed by atoms with Gasteiger partial charge >= 0.3 is 35.4 Å². The molecule has 0 aromatic rings. The molecule has 1 aliphatic carbocycles. The molecular weight excluding hydrogens is 937 g/mol. The van der Waals surface area contributed by atoms with E-state index >= 15 is 0 Å². The molecule has 0 bridgehead atoms. The molecule has 0 aromatic carbocycles. The van der Waals surface area contributed by atoms with Gasteiger partial charge in [0.25, 0.3) is 0 Å². The number of esters is 2. The summed E-state index contributed by atoms with van der Waals surface area (Å²) in [6.45, 7) is 3.31. The number of phosphoric ester groups is 3. The summed E-state index contributed by atoms with van der Waals surface area (Å²) >= 11 is 1.41. The average Bonchev–Trinajstić information content (AvgIpc) is 3.22. The molecule has 0 saturated heterocycles. The first-order chi connectivity index (χ1) is 30.7. The van der Waals surface area contributed by atoms with Gasteiger partial charge in [-0.1, -0.05) is 148 Å². The smallest absolute Gasteiger partial charge is 0.466 e. The SMILES string of the molecule is CCCCCCCCCCCCCCCC(=O)O[C@@H](COP(=O)(O)OC1C(O)[C@H](OP(=O)(O)O)C(OP(=O)(O)O)[C@H](O)[C@@H]1O)CC(=O)OCCCCCCCCCCCSC(=O)CCC. The van der Waals surface area contributed by atoms with Crippen molar-refractivity contribution >= 4 is 52.3 Å². The molecule has 0 spiro atoms. The van der Waals surface area contributed by atoms with Crippen molar-refractivity contribution < 1.29 is 95.4 Å². The number of ether oxygens (including phenoxy) is 2. The second-order valence-corrected chi connectivity index (χ2v) is 21.6. The van der Waals surface area contributed by atoms with Crippen LogP contribution < -0.4 is 0 Å². The zero-order chi connectivity index (χ0) is 48.7. The monoisotopic (exact) mass is 1020 g/mol. The summed E-state index contributed by atoms with van der Waals surface area (Å²) in [4.78, 5) is 84.9. The maximum atomic E-state index is 13.1. The van der Waals surface area contributed by atoms with Crippen LogP contribution in [0.5, 0.6) is 0 Å². The number of thioether (sulfide) groups is 1. The fourth-order valence-electron chi connectivity index (χ4n) is 7.22. The first-order valence-corrected chi connectivity index (χ1v) is 28.9. The van der Waals surface area contributed by atoms with E-state index in [-0.39, 0.29) is 18.1 Å². The molecule has 4 unspecified atom stereocenters. The number of hydrogen-bond donors (Lipinski definition) is 8. The fraction of sp³-hybridized carbons (Fsp3) is 0.927. The second kappa shape index (κ2) is 35.3. The molecule has 0 radical (unpaired) electrons. The highest BCUT2D eigenvalue weighted by Gasteiger charge is 2.56. The number of hydrogen-bond acceptors (Lipinski definition) is 16. The van der Waals surface area contributed by atoms with Crippen molar-refractivity contribution in [2.24, 2.45) is 0 Å². The van der Waals surface area contributed by atoms with Crippen LogP contribution in [-0.4, -0.2) is 119 Å². The van der Waals surface area contributed by atoms with Crippen LogP contribution in [0.2, 0.25) is 0 Å². The highest BCUT2D eigenvalue weighted by molar-refractivity contribution is 8.13. The maximum Gasteiger partial charge on any atom is 0.472 e. The fourth-order valence-corrected chi connectivity index (χ4v) is 10.2. The molecule has 1 rings (SSSR count). The molecular formula is C41H79O20P3S. The Morgan fingerprint density at radius 3 is 1.46 bits per heavy atom. The van der Waals surface area contributed by atoms with Gasteiger partial charge in [-0.3, -0.25) is 32.5 Å². The van der Waals surface area contributed by atoms with E-state index in [1.54, 1.807) is 0 Å². The van der Waals surface area contributed by atoms with E-state index in [2.05, 4.69) is 16.0 Å². The minimum absolute atomic E-state index is 0.0210. The van der Waals surface area contributed by atoms with E-state index in [4.69, 9.17) is 18.5 Å². The van der Waals surface area contributed by atoms with Crippen LogP contribution in [0.1, 0.15) is 181 Å². The molecule has 384 valence electrons. The Bertz CT molecular complexity index is 1450. The third kappa shape index (κ3) is 31.8. The standard InChI is InChI=1S/C41H79O20P3S/c1-3-5-6-7-8-9-10-11-12-14-17-20-23-27-33(42)58-32(30-34(43)56-28-24-21-18-15-13-16-19-22-25-29-65-35(44)26-4-2)31-57-64(54,55)61-39-36(45)37(46)40(59-62(48,49)50)41(38(39)47)60-63(51,52)53/h32,36-41,45-47H,3-31H2,1-2H3,(H,54,55)(H2,48,49,50)(H2,51,52,53)/t32-,36+,37-,38?,39?,40?,41+/m1/s1. The highest BCUT2D eigenvalue weighted by Crippen LogP contribution is 2.51. The molecule has 24 heteroatoms. The van der Waals surface area contributed by atoms with E-state index < -0.39 is 91.2 Å². The molecule has 1 saturated carbocycles. The van der Waals surface area contributed by atoms with Crippen LogP contribution in [0.3, 0.4) is 0 Å². The van der Waals surface area contributed by atoms with Gasteiger partial charge in [0.05, 0.1) is 19.6 Å². The molecule has 0 amide bonds. The number of carbonyl (C=O) groups is 3. The Morgan fingerprint density at radius 1 is 0.523 bits per heavy atom. The third-order valence-electron chi connectivity index (χ3n) is 10.7. The van der Waals surface area contributed by atoms with Crippen molar-refractivity contribution in [3.63, 3.8) is 0 Å². The summed E-state index contributed by atoms with van der Waals surface area (Å²) in [5, 5.41) is 32.1. The molecule has 8 atom stereocenters. The Labute approximate surface area is 389 Å². The lowest BCUT2D eigenvalue weighted by molar-refractivity contribution is -0.213. The zero-order valence-electron chi connectivity index (χ0n) is 38.3. The second-order valence-electron chi connectivity index (χ2n) is 16.6. The van der Waals surface area contributed by atoms with Crippen molar-refractivity contribution in [2.75, 3.05) is 19.0 Å². The van der Waals surface area contributed by atoms with Crippen LogP contribution in [0.4, 0.5) is 0 Å². The Hall–Kier alpha value is -0.830. The predicted molar refractivity (Wildman–Crippen MR) is 242 cm³/mol. The van der Waals surface area contributed by atoms with Gasteiger partial charge in [-0.2, -0.15) is 0 Å². The van der Waals surface area contributed by atoms with Crippen molar-refractivity contribution in [1.29, 1.82) is 0 Å². The van der Waals surface area contributed by atoms with Crippen LogP contribution in [-0.2, 0) is 55.6 Å². The van der Waals surface area contributed by atoms with Crippen LogP contribution >= 0.6 is 35.2 Å². The molecule has 8 N–H and O–H groups in total. The summed E-state index contributed by atoms with van der Waals surface area (Å²) in [6, 6.07) is 0. The van der Waals surface area contributed by atoms with E-state index in [1.165, 1.54) is 56.7 Å². The van der Waals surface area contributed by atoms with Gasteiger partial charge in [-0.05, 0) is 25.7 Å². The topological polar surface area (TPSA) is 320 Å². The lowest BCUT2D eigenvalue weighted by atomic mass is 9.85. The summed E-state index contributed by atoms with van der Waals surface area (Å²) < 4.78 is 65.4. The molecule has 65 heavy (non-hydrogen) atoms. The Morgan fingerprint density at radius 2 is 0.969 bits per heavy atom. The van der Waals surface area contributed by atoms with Crippen molar-refractivity contribution in [1.82, 2.24) is 0 Å². The van der Waals surface area contributed by atoms with Gasteiger partial charge in [0.1, 0.15) is 42.7 Å². The largest absolute Gasteiger partial charge is 0.472 e. The molecule has 0 aromatic heterocycles. The third-order valence-corrected chi connectivity index (χ3v) is 13.7. The van der Waals surface area contributed by atoms with Gasteiger partial charge in [0, 0.05) is 18.6 Å². The number of aliphatic hydroxyl groups is 3. The van der Waals surface area contributed by atoms with E-state index in [0.717, 1.165) is 95.6 Å². The van der Waals surface area contributed by atoms with E-state index in [0.29, 0.717) is 19.3 Å². The number of phosphoric acid groups is 3. The average molecular weight is 1020 g/mol. The first-order valence-electron chi connectivity index (χ1n) is 23.4. The number of aliphatic hydroxyl groups excluding tert-OH is 3. The number of carbonyl (C=O) groups excluding carboxylic acids is 3. The van der Waals surface area contributed by atoms with Gasteiger partial charge in [0.2, 0.25) is 0 Å². The van der Waals surface area contributed by atoms with Crippen LogP contribution in [0.25, 0.3) is 0 Å². The van der Waals surface area contributed by atoms with Gasteiger partial charge in [-0.25, -0.2) is 13.7 Å². The van der Waals surface area contributed by atoms with Gasteiger partial charge < -0.3 is 49.3 Å². The Kier molecular flexibility index (Phi) is 33.8. The predicted octanol–water partition coefficient (Wildman–Crippen LogP) is 7.44. The maximum absolute atomic E-state index is 13.1. The quantitative estimate of drug-likeness (QED) is 0.0168. The van der Waals surface area contributed by atoms with Crippen molar-refractivity contribution in [3.8, 4) is 0 Å². The first kappa shape index (κ1) is 62.2. The number of rotatable bonds is 40. The van der Waals surface area contributed by atoms with Crippen molar-refractivity contribution in [3.05, 3.63) is 0 Å². The zero-order valence-corrected chi connectivity index (χ0v) is 41.8. The lowest BCUT2D eigenvalue weighted by Crippen LogP contribution is -2.65. The highest BCUT2D eigenvalue weighted by atomic mass is 32.2. The normalized spacial score (nSPS) is 21.8. The van der Waals surface area contributed by atoms with Gasteiger partial charge in [-0.15, -0.1) is 0 Å². The summed E-state index contributed by atoms with van der Waals surface area (Å²) in [5.41, 5.74) is 0. The lowest BCUT2D eigenvalue weighted by Gasteiger charge is -2.44. The minimum atomic E-state index is -5.61. The van der Waals surface area contributed by atoms with Crippen LogP contribution in [0.15, 0.2) is 0 Å². The van der Waals surface area contributed by atoms with E-state index in [9.17, 15) is 67.9 Å². The summed E-state index contributed by atoms with van der Waals surface area (Å²) in [5.74, 6) is -0.664. The van der Waals surface area contributed by atoms with E-state index in [1.807, 2.05) is 6.92 Å². The summed E-state index contributed by atoms with van der Waals surface area (Å²) in [6.07, 6.45) is 7.27. The van der Waals surface area contributed by atoms with Gasteiger partial charge in [0.15, 0.2) is 5.12 Å².